The molecule has 2 amide bonds. The van der Waals surface area contributed by atoms with Crippen molar-refractivity contribution in [3.05, 3.63) is 81.7 Å². The molecule has 0 aliphatic carbocycles. The van der Waals surface area contributed by atoms with Gasteiger partial charge in [0.05, 0.1) is 18.6 Å². The number of hydrogen-bond acceptors (Lipinski definition) is 4. The third-order valence-corrected chi connectivity index (χ3v) is 4.96. The van der Waals surface area contributed by atoms with E-state index in [4.69, 9.17) is 16.3 Å². The fourth-order valence-electron chi connectivity index (χ4n) is 2.38. The van der Waals surface area contributed by atoms with Crippen LogP contribution in [0.25, 0.3) is 6.08 Å². The molecule has 0 atom stereocenters. The summed E-state index contributed by atoms with van der Waals surface area (Å²) < 4.78 is 5.11. The number of amides is 2. The van der Waals surface area contributed by atoms with Crippen molar-refractivity contribution >= 4 is 40.6 Å². The van der Waals surface area contributed by atoms with Crippen molar-refractivity contribution in [3.63, 3.8) is 0 Å². The molecule has 1 aliphatic heterocycles. The minimum atomic E-state index is -0.283. The van der Waals surface area contributed by atoms with E-state index >= 15 is 0 Å². The first-order chi connectivity index (χ1) is 12.6. The number of thioether (sulfide) groups is 1. The Morgan fingerprint density at radius 3 is 2.42 bits per heavy atom. The van der Waals surface area contributed by atoms with Gasteiger partial charge in [-0.05, 0) is 53.2 Å². The molecule has 0 saturated carbocycles. The van der Waals surface area contributed by atoms with E-state index in [1.54, 1.807) is 43.5 Å². The van der Waals surface area contributed by atoms with Gasteiger partial charge in [-0.2, -0.15) is 0 Å². The van der Waals surface area contributed by atoms with Crippen LogP contribution >= 0.6 is 23.4 Å². The Labute approximate surface area is 161 Å². The lowest BCUT2D eigenvalue weighted by Crippen LogP contribution is -2.27. The van der Waals surface area contributed by atoms with Gasteiger partial charge in [0.1, 0.15) is 5.75 Å². The molecule has 6 heteroatoms. The number of carbonyl (C=O) groups is 2. The molecule has 1 heterocycles. The third-order valence-electron chi connectivity index (χ3n) is 3.78. The van der Waals surface area contributed by atoms with Crippen LogP contribution in [0.2, 0.25) is 5.02 Å². The number of hydrogen-bond donors (Lipinski definition) is 0. The first-order valence-corrected chi connectivity index (χ1v) is 9.07. The fraction of sp³-hybridized carbons (Fsp3) is 0.100. The molecule has 0 unspecified atom stereocenters. The number of methoxy groups -OCH3 is 1. The third kappa shape index (κ3) is 4.36. The molecular weight excluding hydrogens is 370 g/mol. The fourth-order valence-corrected chi connectivity index (χ4v) is 3.30. The lowest BCUT2D eigenvalue weighted by Gasteiger charge is -2.12. The molecule has 1 aliphatic rings. The Morgan fingerprint density at radius 1 is 1.08 bits per heavy atom. The number of halogens is 1. The Hall–Kier alpha value is -2.50. The number of nitrogens with zero attached hydrogens (tertiary/aromatic N) is 1. The van der Waals surface area contributed by atoms with Gasteiger partial charge in [-0.1, -0.05) is 48.0 Å². The highest BCUT2D eigenvalue weighted by molar-refractivity contribution is 8.18. The topological polar surface area (TPSA) is 46.6 Å². The molecule has 0 radical (unpaired) electrons. The highest BCUT2D eigenvalue weighted by Gasteiger charge is 2.34. The number of allylic oxidation sites excluding steroid dienone is 2. The average Bonchev–Trinajstić information content (AvgIpc) is 2.92. The molecule has 26 heavy (non-hydrogen) atoms. The average molecular weight is 386 g/mol. The van der Waals surface area contributed by atoms with Gasteiger partial charge < -0.3 is 4.74 Å². The van der Waals surface area contributed by atoms with E-state index in [2.05, 4.69) is 0 Å². The molecule has 2 aromatic rings. The summed E-state index contributed by atoms with van der Waals surface area (Å²) in [4.78, 5) is 26.2. The molecule has 0 spiro atoms. The standard InChI is InChI=1S/C20H16ClNO3S/c1-25-17-11-7-14(8-12-17)3-2-4-18-19(23)22(20(24)26-18)13-15-5-9-16(21)10-6-15/h2-12H,13H2,1H3/b3-2+,18-4+. The SMILES string of the molecule is COc1ccc(/C=C/C=C2/SC(=O)N(Cc3ccc(Cl)cc3)C2=O)cc1. The predicted octanol–water partition coefficient (Wildman–Crippen LogP) is 5.14. The van der Waals surface area contributed by atoms with Gasteiger partial charge in [0, 0.05) is 5.02 Å². The summed E-state index contributed by atoms with van der Waals surface area (Å²) in [6.45, 7) is 0.237. The number of benzene rings is 2. The molecule has 0 bridgehead atoms. The van der Waals surface area contributed by atoms with Crippen LogP contribution in [-0.2, 0) is 11.3 Å². The van der Waals surface area contributed by atoms with E-state index in [9.17, 15) is 9.59 Å². The van der Waals surface area contributed by atoms with Crippen LogP contribution in [0.15, 0.2) is 65.6 Å². The van der Waals surface area contributed by atoms with Crippen LogP contribution in [0.4, 0.5) is 4.79 Å². The molecule has 4 nitrogen and oxygen atoms in total. The molecule has 3 rings (SSSR count). The van der Waals surface area contributed by atoms with E-state index in [1.807, 2.05) is 30.3 Å². The number of imide groups is 1. The molecule has 1 saturated heterocycles. The second kappa shape index (κ2) is 8.25. The van der Waals surface area contributed by atoms with Crippen molar-refractivity contribution in [3.8, 4) is 5.75 Å². The first-order valence-electron chi connectivity index (χ1n) is 7.87. The van der Waals surface area contributed by atoms with Crippen molar-refractivity contribution in [2.24, 2.45) is 0 Å². The summed E-state index contributed by atoms with van der Waals surface area (Å²) in [6.07, 6.45) is 5.30. The highest BCUT2D eigenvalue weighted by Crippen LogP contribution is 2.32. The smallest absolute Gasteiger partial charge is 0.293 e. The Morgan fingerprint density at radius 2 is 1.77 bits per heavy atom. The summed E-state index contributed by atoms with van der Waals surface area (Å²) in [7, 11) is 1.62. The Balaban J connectivity index is 1.68. The van der Waals surface area contributed by atoms with Crippen LogP contribution < -0.4 is 4.74 Å². The van der Waals surface area contributed by atoms with Gasteiger partial charge in [0.15, 0.2) is 0 Å². The minimum Gasteiger partial charge on any atom is -0.497 e. The molecule has 0 N–H and O–H groups in total. The van der Waals surface area contributed by atoms with Crippen LogP contribution in [-0.4, -0.2) is 23.2 Å². The second-order valence-electron chi connectivity index (χ2n) is 5.55. The number of carbonyl (C=O) groups excluding carboxylic acids is 2. The van der Waals surface area contributed by atoms with Crippen molar-refractivity contribution < 1.29 is 14.3 Å². The zero-order valence-corrected chi connectivity index (χ0v) is 15.6. The Bertz CT molecular complexity index is 873. The molecule has 132 valence electrons. The van der Waals surface area contributed by atoms with E-state index in [0.29, 0.717) is 9.93 Å². The number of ether oxygens (including phenoxy) is 1. The first kappa shape index (κ1) is 18.3. The van der Waals surface area contributed by atoms with Gasteiger partial charge >= 0.3 is 0 Å². The van der Waals surface area contributed by atoms with Crippen molar-refractivity contribution in [1.82, 2.24) is 4.90 Å². The lowest BCUT2D eigenvalue weighted by molar-refractivity contribution is -0.123. The van der Waals surface area contributed by atoms with E-state index in [-0.39, 0.29) is 17.7 Å². The monoisotopic (exact) mass is 385 g/mol. The maximum absolute atomic E-state index is 12.5. The maximum Gasteiger partial charge on any atom is 0.293 e. The van der Waals surface area contributed by atoms with Gasteiger partial charge in [-0.25, -0.2) is 0 Å². The van der Waals surface area contributed by atoms with Gasteiger partial charge in [0.2, 0.25) is 0 Å². The van der Waals surface area contributed by atoms with Crippen LogP contribution in [0, 0.1) is 0 Å². The van der Waals surface area contributed by atoms with Gasteiger partial charge in [0.25, 0.3) is 11.1 Å². The molecule has 0 aromatic heterocycles. The molecular formula is C20H16ClNO3S. The van der Waals surface area contributed by atoms with Crippen molar-refractivity contribution in [2.75, 3.05) is 7.11 Å². The van der Waals surface area contributed by atoms with E-state index in [0.717, 1.165) is 28.6 Å². The molecule has 1 fully saturated rings. The minimum absolute atomic E-state index is 0.237. The zero-order valence-electron chi connectivity index (χ0n) is 14.0. The van der Waals surface area contributed by atoms with Crippen LogP contribution in [0.1, 0.15) is 11.1 Å². The number of rotatable bonds is 5. The molecule has 2 aromatic carbocycles. The summed E-state index contributed by atoms with van der Waals surface area (Å²) in [5.41, 5.74) is 1.83. The summed E-state index contributed by atoms with van der Waals surface area (Å²) in [5, 5.41) is 0.348. The van der Waals surface area contributed by atoms with Gasteiger partial charge in [-0.3, -0.25) is 14.5 Å². The summed E-state index contributed by atoms with van der Waals surface area (Å²) >= 11 is 6.80. The zero-order chi connectivity index (χ0) is 18.5. The van der Waals surface area contributed by atoms with Gasteiger partial charge in [-0.15, -0.1) is 0 Å². The lowest BCUT2D eigenvalue weighted by atomic mass is 10.2. The largest absolute Gasteiger partial charge is 0.497 e. The summed E-state index contributed by atoms with van der Waals surface area (Å²) in [5.74, 6) is 0.500. The second-order valence-corrected chi connectivity index (χ2v) is 6.98. The predicted molar refractivity (Wildman–Crippen MR) is 105 cm³/mol. The van der Waals surface area contributed by atoms with E-state index < -0.39 is 0 Å². The normalized spacial score (nSPS) is 16.1. The van der Waals surface area contributed by atoms with Crippen LogP contribution in [0.5, 0.6) is 5.75 Å². The highest BCUT2D eigenvalue weighted by atomic mass is 35.5. The maximum atomic E-state index is 12.5. The quantitative estimate of drug-likeness (QED) is 0.668. The van der Waals surface area contributed by atoms with Crippen LogP contribution in [0.3, 0.4) is 0 Å². The van der Waals surface area contributed by atoms with E-state index in [1.165, 1.54) is 4.90 Å². The van der Waals surface area contributed by atoms with Crippen molar-refractivity contribution in [2.45, 2.75) is 6.54 Å². The summed E-state index contributed by atoms with van der Waals surface area (Å²) in [6, 6.07) is 14.6. The Kier molecular flexibility index (Phi) is 5.81. The van der Waals surface area contributed by atoms with Crippen molar-refractivity contribution in [1.29, 1.82) is 0 Å².